The van der Waals surface area contributed by atoms with Crippen molar-refractivity contribution in [3.8, 4) is 0 Å². The van der Waals surface area contributed by atoms with Crippen molar-refractivity contribution >= 4 is 11.8 Å². The molecule has 6 heteroatoms. The fourth-order valence-corrected chi connectivity index (χ4v) is 2.35. The van der Waals surface area contributed by atoms with Crippen LogP contribution in [-0.4, -0.2) is 35.7 Å². The zero-order valence-electron chi connectivity index (χ0n) is 11.5. The molecule has 6 nitrogen and oxygen atoms in total. The van der Waals surface area contributed by atoms with Gasteiger partial charge in [-0.15, -0.1) is 0 Å². The Balaban J connectivity index is 2.23. The molecule has 19 heavy (non-hydrogen) atoms. The zero-order valence-corrected chi connectivity index (χ0v) is 11.5. The molecule has 104 valence electrons. The molecule has 2 heterocycles. The molecule has 0 spiro atoms. The smallest absolute Gasteiger partial charge is 0.310 e. The number of aromatic nitrogens is 2. The number of ether oxygens (including phenoxy) is 1. The Morgan fingerprint density at radius 1 is 1.53 bits per heavy atom. The lowest BCUT2D eigenvalue weighted by Gasteiger charge is -2.18. The van der Waals surface area contributed by atoms with E-state index in [0.717, 1.165) is 0 Å². The van der Waals surface area contributed by atoms with Crippen LogP contribution in [0.1, 0.15) is 26.3 Å². The molecule has 1 saturated heterocycles. The minimum absolute atomic E-state index is 0.0910. The number of hydrogen-bond acceptors (Lipinski definition) is 5. The molecule has 1 fully saturated rings. The molecule has 0 aromatic carbocycles. The molecule has 1 unspecified atom stereocenters. The lowest BCUT2D eigenvalue weighted by molar-refractivity contribution is -0.144. The van der Waals surface area contributed by atoms with Crippen LogP contribution in [0.4, 0.5) is 5.82 Å². The summed E-state index contributed by atoms with van der Waals surface area (Å²) in [5.41, 5.74) is -0.108. The fraction of sp³-hybridized carbons (Fsp3) is 0.615. The largest absolute Gasteiger partial charge is 0.469 e. The van der Waals surface area contributed by atoms with Gasteiger partial charge in [-0.1, -0.05) is 0 Å². The molecule has 1 aliphatic heterocycles. The van der Waals surface area contributed by atoms with E-state index < -0.39 is 0 Å². The maximum Gasteiger partial charge on any atom is 0.310 e. The van der Waals surface area contributed by atoms with Crippen molar-refractivity contribution < 1.29 is 9.53 Å². The Labute approximate surface area is 112 Å². The van der Waals surface area contributed by atoms with Gasteiger partial charge in [-0.25, -0.2) is 4.98 Å². The standard InChI is InChI=1S/C13H19N3O3/c1-9(2)16-7-5-14-11(12(16)17)15-6-4-10(8-15)13(18)19-3/h5,7,9-10H,4,6,8H2,1-3H3. The van der Waals surface area contributed by atoms with E-state index in [2.05, 4.69) is 4.98 Å². The molecule has 0 amide bonds. The zero-order chi connectivity index (χ0) is 14.0. The maximum absolute atomic E-state index is 12.3. The molecule has 2 rings (SSSR count). The van der Waals surface area contributed by atoms with Crippen molar-refractivity contribution in [3.05, 3.63) is 22.7 Å². The van der Waals surface area contributed by atoms with E-state index in [9.17, 15) is 9.59 Å². The Hall–Kier alpha value is -1.85. The highest BCUT2D eigenvalue weighted by atomic mass is 16.5. The number of hydrogen-bond donors (Lipinski definition) is 0. The van der Waals surface area contributed by atoms with Crippen molar-refractivity contribution in [3.63, 3.8) is 0 Å². The van der Waals surface area contributed by atoms with Crippen LogP contribution in [0.5, 0.6) is 0 Å². The average Bonchev–Trinajstić information content (AvgIpc) is 2.87. The van der Waals surface area contributed by atoms with Crippen molar-refractivity contribution in [1.29, 1.82) is 0 Å². The summed E-state index contributed by atoms with van der Waals surface area (Å²) in [7, 11) is 1.39. The number of carbonyl (C=O) groups excluding carboxylic acids is 1. The highest BCUT2D eigenvalue weighted by Gasteiger charge is 2.31. The van der Waals surface area contributed by atoms with Gasteiger partial charge in [-0.05, 0) is 20.3 Å². The van der Waals surface area contributed by atoms with Crippen LogP contribution in [0.15, 0.2) is 17.2 Å². The third-order valence-electron chi connectivity index (χ3n) is 3.43. The van der Waals surface area contributed by atoms with Gasteiger partial charge >= 0.3 is 5.97 Å². The van der Waals surface area contributed by atoms with E-state index in [4.69, 9.17) is 4.74 Å². The molecule has 0 saturated carbocycles. The number of methoxy groups -OCH3 is 1. The molecule has 1 atom stereocenters. The van der Waals surface area contributed by atoms with Crippen molar-refractivity contribution in [2.45, 2.75) is 26.3 Å². The monoisotopic (exact) mass is 265 g/mol. The summed E-state index contributed by atoms with van der Waals surface area (Å²) in [4.78, 5) is 29.8. The van der Waals surface area contributed by atoms with Crippen molar-refractivity contribution in [2.75, 3.05) is 25.1 Å². The van der Waals surface area contributed by atoms with Gasteiger partial charge in [0.05, 0.1) is 13.0 Å². The topological polar surface area (TPSA) is 64.4 Å². The normalized spacial score (nSPS) is 18.9. The van der Waals surface area contributed by atoms with Crippen LogP contribution < -0.4 is 10.5 Å². The molecular formula is C13H19N3O3. The van der Waals surface area contributed by atoms with Gasteiger partial charge < -0.3 is 14.2 Å². The summed E-state index contributed by atoms with van der Waals surface area (Å²) in [5, 5.41) is 0. The summed E-state index contributed by atoms with van der Waals surface area (Å²) < 4.78 is 6.39. The van der Waals surface area contributed by atoms with Gasteiger partial charge in [0, 0.05) is 31.5 Å². The van der Waals surface area contributed by atoms with Gasteiger partial charge in [0.25, 0.3) is 5.56 Å². The van der Waals surface area contributed by atoms with Crippen molar-refractivity contribution in [2.24, 2.45) is 5.92 Å². The van der Waals surface area contributed by atoms with Gasteiger partial charge in [0.15, 0.2) is 5.82 Å². The molecule has 0 bridgehead atoms. The predicted molar refractivity (Wildman–Crippen MR) is 71.2 cm³/mol. The minimum Gasteiger partial charge on any atom is -0.469 e. The van der Waals surface area contributed by atoms with Crippen LogP contribution in [0.25, 0.3) is 0 Å². The number of esters is 1. The molecule has 1 aliphatic rings. The third kappa shape index (κ3) is 2.62. The van der Waals surface area contributed by atoms with E-state index in [-0.39, 0.29) is 23.5 Å². The highest BCUT2D eigenvalue weighted by molar-refractivity contribution is 5.73. The molecule has 0 aliphatic carbocycles. The van der Waals surface area contributed by atoms with Crippen LogP contribution in [0.2, 0.25) is 0 Å². The average molecular weight is 265 g/mol. The molecule has 0 radical (unpaired) electrons. The van der Waals surface area contributed by atoms with Crippen LogP contribution in [-0.2, 0) is 9.53 Å². The van der Waals surface area contributed by atoms with Gasteiger partial charge in [0.1, 0.15) is 0 Å². The summed E-state index contributed by atoms with van der Waals surface area (Å²) in [6.45, 7) is 5.06. The SMILES string of the molecule is COC(=O)C1CCN(c2nccn(C(C)C)c2=O)C1. The fourth-order valence-electron chi connectivity index (χ4n) is 2.35. The Kier molecular flexibility index (Phi) is 3.87. The lowest BCUT2D eigenvalue weighted by Crippen LogP contribution is -2.33. The Morgan fingerprint density at radius 3 is 2.89 bits per heavy atom. The first-order chi connectivity index (χ1) is 9.04. The van der Waals surface area contributed by atoms with E-state index in [0.29, 0.717) is 25.3 Å². The van der Waals surface area contributed by atoms with Gasteiger partial charge in [-0.2, -0.15) is 0 Å². The Bertz CT molecular complexity index is 524. The van der Waals surface area contributed by atoms with Gasteiger partial charge in [-0.3, -0.25) is 9.59 Å². The summed E-state index contributed by atoms with van der Waals surface area (Å²) in [5.74, 6) is 0.0316. The van der Waals surface area contributed by atoms with Crippen LogP contribution in [0, 0.1) is 5.92 Å². The lowest BCUT2D eigenvalue weighted by atomic mass is 10.1. The highest BCUT2D eigenvalue weighted by Crippen LogP contribution is 2.20. The van der Waals surface area contributed by atoms with Crippen LogP contribution in [0.3, 0.4) is 0 Å². The van der Waals surface area contributed by atoms with E-state index in [1.807, 2.05) is 18.7 Å². The number of rotatable bonds is 3. The summed E-state index contributed by atoms with van der Waals surface area (Å²) in [6, 6.07) is 0.0910. The second-order valence-corrected chi connectivity index (χ2v) is 5.01. The third-order valence-corrected chi connectivity index (χ3v) is 3.43. The first-order valence-electron chi connectivity index (χ1n) is 6.44. The first-order valence-corrected chi connectivity index (χ1v) is 6.44. The number of anilines is 1. The van der Waals surface area contributed by atoms with E-state index in [1.54, 1.807) is 17.0 Å². The van der Waals surface area contributed by atoms with E-state index in [1.165, 1.54) is 7.11 Å². The Morgan fingerprint density at radius 2 is 2.26 bits per heavy atom. The minimum atomic E-state index is -0.220. The van der Waals surface area contributed by atoms with Gasteiger partial charge in [0.2, 0.25) is 0 Å². The molecule has 1 aromatic heterocycles. The molecular weight excluding hydrogens is 246 g/mol. The second-order valence-electron chi connectivity index (χ2n) is 5.01. The molecule has 1 aromatic rings. The maximum atomic E-state index is 12.3. The van der Waals surface area contributed by atoms with Crippen molar-refractivity contribution in [1.82, 2.24) is 9.55 Å². The quantitative estimate of drug-likeness (QED) is 0.757. The van der Waals surface area contributed by atoms with Crippen LogP contribution >= 0.6 is 0 Å². The predicted octanol–water partition coefficient (Wildman–Crippen LogP) is 0.823. The number of nitrogens with zero attached hydrogens (tertiary/aromatic N) is 3. The first kappa shape index (κ1) is 13.6. The van der Waals surface area contributed by atoms with E-state index >= 15 is 0 Å². The molecule has 0 N–H and O–H groups in total. The number of carbonyl (C=O) groups is 1. The second kappa shape index (κ2) is 5.42. The summed E-state index contributed by atoms with van der Waals surface area (Å²) >= 11 is 0. The summed E-state index contributed by atoms with van der Waals surface area (Å²) in [6.07, 6.45) is 4.01.